The number of carbonyl (C=O) groups excluding carboxylic acids is 1. The third kappa shape index (κ3) is 6.25. The van der Waals surface area contributed by atoms with Crippen molar-refractivity contribution < 1.29 is 19.5 Å². The maximum absolute atomic E-state index is 11.2. The molecule has 0 fully saturated rings. The van der Waals surface area contributed by atoms with Crippen LogP contribution in [0.15, 0.2) is 5.38 Å². The van der Waals surface area contributed by atoms with E-state index in [-0.39, 0.29) is 11.7 Å². The molecule has 0 spiro atoms. The summed E-state index contributed by atoms with van der Waals surface area (Å²) in [4.78, 5) is 29.9. The second-order valence-electron chi connectivity index (χ2n) is 3.06. The van der Waals surface area contributed by atoms with Crippen LogP contribution < -0.4 is 5.48 Å². The van der Waals surface area contributed by atoms with Crippen LogP contribution >= 0.6 is 23.1 Å². The molecule has 0 aliphatic rings. The van der Waals surface area contributed by atoms with Gasteiger partial charge in [-0.3, -0.25) is 9.63 Å². The molecule has 1 aromatic rings. The summed E-state index contributed by atoms with van der Waals surface area (Å²) in [6.07, 6.45) is 0. The van der Waals surface area contributed by atoms with Gasteiger partial charge in [-0.05, 0) is 6.92 Å². The SMILES string of the molecule is Cc1nc(CSCC(=O)NOCC(=O)O)cs1. The fourth-order valence-corrected chi connectivity index (χ4v) is 2.35. The van der Waals surface area contributed by atoms with E-state index in [1.807, 2.05) is 17.8 Å². The van der Waals surface area contributed by atoms with Gasteiger partial charge >= 0.3 is 5.97 Å². The Morgan fingerprint density at radius 3 is 3.00 bits per heavy atom. The van der Waals surface area contributed by atoms with E-state index in [1.54, 1.807) is 11.3 Å². The maximum atomic E-state index is 11.2. The number of aliphatic carboxylic acids is 1. The molecule has 94 valence electrons. The van der Waals surface area contributed by atoms with E-state index in [2.05, 4.69) is 9.82 Å². The lowest BCUT2D eigenvalue weighted by Crippen LogP contribution is -2.28. The van der Waals surface area contributed by atoms with Crippen LogP contribution in [0.4, 0.5) is 0 Å². The van der Waals surface area contributed by atoms with Crippen LogP contribution in [0.25, 0.3) is 0 Å². The Kier molecular flexibility index (Phi) is 5.95. The zero-order valence-corrected chi connectivity index (χ0v) is 10.8. The molecule has 2 N–H and O–H groups in total. The molecule has 6 nitrogen and oxygen atoms in total. The molecule has 0 saturated carbocycles. The monoisotopic (exact) mass is 276 g/mol. The molecule has 1 aromatic heterocycles. The number of amides is 1. The van der Waals surface area contributed by atoms with Gasteiger partial charge in [-0.2, -0.15) is 0 Å². The number of nitrogens with zero attached hydrogens (tertiary/aromatic N) is 1. The van der Waals surface area contributed by atoms with Crippen molar-refractivity contribution in [2.75, 3.05) is 12.4 Å². The number of nitrogens with one attached hydrogen (secondary N) is 1. The Balaban J connectivity index is 2.10. The van der Waals surface area contributed by atoms with Gasteiger partial charge in [0, 0.05) is 11.1 Å². The number of carbonyl (C=O) groups is 2. The van der Waals surface area contributed by atoms with E-state index < -0.39 is 12.6 Å². The predicted octanol–water partition coefficient (Wildman–Crippen LogP) is 0.817. The van der Waals surface area contributed by atoms with Gasteiger partial charge in [0.25, 0.3) is 5.91 Å². The fraction of sp³-hybridized carbons (Fsp3) is 0.444. The lowest BCUT2D eigenvalue weighted by atomic mass is 10.6. The average molecular weight is 276 g/mol. The van der Waals surface area contributed by atoms with E-state index in [0.29, 0.717) is 5.75 Å². The number of hydrogen-bond acceptors (Lipinski definition) is 6. The summed E-state index contributed by atoms with van der Waals surface area (Å²) in [7, 11) is 0. The van der Waals surface area contributed by atoms with Crippen LogP contribution in [0, 0.1) is 6.92 Å². The Morgan fingerprint density at radius 1 is 1.65 bits per heavy atom. The Bertz CT molecular complexity index is 394. The molecular weight excluding hydrogens is 264 g/mol. The highest BCUT2D eigenvalue weighted by Crippen LogP contribution is 2.14. The lowest BCUT2D eigenvalue weighted by Gasteiger charge is -2.02. The molecule has 0 unspecified atom stereocenters. The molecule has 0 radical (unpaired) electrons. The number of thiazole rings is 1. The molecular formula is C9H12N2O4S2. The fourth-order valence-electron chi connectivity index (χ4n) is 0.931. The Hall–Kier alpha value is -1.12. The zero-order valence-electron chi connectivity index (χ0n) is 9.13. The second-order valence-corrected chi connectivity index (χ2v) is 5.11. The normalized spacial score (nSPS) is 10.2. The summed E-state index contributed by atoms with van der Waals surface area (Å²) in [5, 5.41) is 11.2. The van der Waals surface area contributed by atoms with Crippen molar-refractivity contribution >= 4 is 35.0 Å². The first-order valence-corrected chi connectivity index (χ1v) is 6.72. The highest BCUT2D eigenvalue weighted by Gasteiger charge is 2.04. The molecule has 1 heterocycles. The Labute approximate surface area is 106 Å². The Morgan fingerprint density at radius 2 is 2.41 bits per heavy atom. The van der Waals surface area contributed by atoms with E-state index in [9.17, 15) is 9.59 Å². The van der Waals surface area contributed by atoms with Gasteiger partial charge in [0.15, 0.2) is 6.61 Å². The highest BCUT2D eigenvalue weighted by molar-refractivity contribution is 7.99. The van der Waals surface area contributed by atoms with E-state index in [1.165, 1.54) is 11.8 Å². The smallest absolute Gasteiger partial charge is 0.332 e. The van der Waals surface area contributed by atoms with Crippen LogP contribution in [0.2, 0.25) is 0 Å². The first-order chi connectivity index (χ1) is 8.08. The number of hydroxylamine groups is 1. The molecule has 1 rings (SSSR count). The van der Waals surface area contributed by atoms with Crippen LogP contribution in [0.1, 0.15) is 10.7 Å². The van der Waals surface area contributed by atoms with Crippen LogP contribution in [-0.4, -0.2) is 34.3 Å². The van der Waals surface area contributed by atoms with Crippen LogP contribution in [0.3, 0.4) is 0 Å². The number of rotatable bonds is 7. The van der Waals surface area contributed by atoms with Crippen molar-refractivity contribution in [3.8, 4) is 0 Å². The third-order valence-electron chi connectivity index (χ3n) is 1.53. The number of carboxylic acids is 1. The molecule has 0 aliphatic carbocycles. The van der Waals surface area contributed by atoms with Gasteiger partial charge in [-0.25, -0.2) is 15.3 Å². The largest absolute Gasteiger partial charge is 0.479 e. The molecule has 0 atom stereocenters. The van der Waals surface area contributed by atoms with Crippen molar-refractivity contribution in [1.29, 1.82) is 0 Å². The van der Waals surface area contributed by atoms with Crippen molar-refractivity contribution in [1.82, 2.24) is 10.5 Å². The lowest BCUT2D eigenvalue weighted by molar-refractivity contribution is -0.148. The van der Waals surface area contributed by atoms with E-state index in [4.69, 9.17) is 5.11 Å². The number of thioether (sulfide) groups is 1. The van der Waals surface area contributed by atoms with E-state index in [0.717, 1.165) is 10.7 Å². The molecule has 17 heavy (non-hydrogen) atoms. The second kappa shape index (κ2) is 7.25. The molecule has 0 aromatic carbocycles. The first kappa shape index (κ1) is 13.9. The third-order valence-corrected chi connectivity index (χ3v) is 3.32. The highest BCUT2D eigenvalue weighted by atomic mass is 32.2. The average Bonchev–Trinajstić information content (AvgIpc) is 2.63. The van der Waals surface area contributed by atoms with Crippen molar-refractivity contribution in [2.24, 2.45) is 0 Å². The summed E-state index contributed by atoms with van der Waals surface area (Å²) in [5.41, 5.74) is 2.99. The summed E-state index contributed by atoms with van der Waals surface area (Å²) in [6, 6.07) is 0. The van der Waals surface area contributed by atoms with Crippen LogP contribution in [0.5, 0.6) is 0 Å². The molecule has 0 aliphatic heterocycles. The number of carboxylic acid groups (broad SMARTS) is 1. The standard InChI is InChI=1S/C9H12N2O4S2/c1-6-10-7(4-17-6)3-16-5-8(12)11-15-2-9(13)14/h4H,2-3,5H2,1H3,(H,11,12)(H,13,14). The van der Waals surface area contributed by atoms with Gasteiger partial charge in [0.05, 0.1) is 16.5 Å². The minimum Gasteiger partial charge on any atom is -0.479 e. The predicted molar refractivity (Wildman–Crippen MR) is 64.7 cm³/mol. The quantitative estimate of drug-likeness (QED) is 0.717. The molecule has 0 bridgehead atoms. The summed E-state index contributed by atoms with van der Waals surface area (Å²) in [6.45, 7) is 1.38. The first-order valence-electron chi connectivity index (χ1n) is 4.69. The van der Waals surface area contributed by atoms with Gasteiger partial charge in [0.1, 0.15) is 0 Å². The van der Waals surface area contributed by atoms with Gasteiger partial charge in [0.2, 0.25) is 0 Å². The van der Waals surface area contributed by atoms with Crippen LogP contribution in [-0.2, 0) is 20.2 Å². The number of hydrogen-bond donors (Lipinski definition) is 2. The molecule has 1 amide bonds. The van der Waals surface area contributed by atoms with Crippen molar-refractivity contribution in [3.63, 3.8) is 0 Å². The minimum atomic E-state index is -1.13. The minimum absolute atomic E-state index is 0.205. The van der Waals surface area contributed by atoms with Gasteiger partial charge in [-0.15, -0.1) is 23.1 Å². The molecule has 0 saturated heterocycles. The number of aryl methyl sites for hydroxylation is 1. The summed E-state index contributed by atoms with van der Waals surface area (Å²) < 4.78 is 0. The van der Waals surface area contributed by atoms with Gasteiger partial charge in [-0.1, -0.05) is 0 Å². The van der Waals surface area contributed by atoms with Crippen molar-refractivity contribution in [2.45, 2.75) is 12.7 Å². The summed E-state index contributed by atoms with van der Waals surface area (Å²) >= 11 is 2.96. The van der Waals surface area contributed by atoms with Gasteiger partial charge < -0.3 is 5.11 Å². The summed E-state index contributed by atoms with van der Waals surface area (Å²) in [5.74, 6) is -0.633. The topological polar surface area (TPSA) is 88.5 Å². The van der Waals surface area contributed by atoms with E-state index >= 15 is 0 Å². The maximum Gasteiger partial charge on any atom is 0.332 e. The zero-order chi connectivity index (χ0) is 12.7. The molecule has 8 heteroatoms. The number of aromatic nitrogens is 1. The van der Waals surface area contributed by atoms with Crippen molar-refractivity contribution in [3.05, 3.63) is 16.1 Å².